The van der Waals surface area contributed by atoms with Gasteiger partial charge in [-0.05, 0) is 116 Å². The number of methoxy groups -OCH3 is 1. The minimum atomic E-state index is -3.82. The fraction of sp³-hybridized carbons (Fsp3) is 0.717. The summed E-state index contributed by atoms with van der Waals surface area (Å²) in [6.07, 6.45) is 8.90. The van der Waals surface area contributed by atoms with Crippen LogP contribution in [0.25, 0.3) is 0 Å². The SMILES string of the molecule is CCN(C1(CO[C@H]2[C@H](OC)C[C@@]34COC[C@]2(C)[C@@H]3CC[C@H]2C4=CC[C@@]3(C)[C@H](C(=O)OCc4ccccc4)[C@@](C)([C@H](C)C(C)C)CC[C@]23C)CCOCC1)S(=O)(=O)c1ccc(C)cc1. The highest BCUT2D eigenvalue weighted by atomic mass is 32.2. The first-order valence-corrected chi connectivity index (χ1v) is 25.6. The van der Waals surface area contributed by atoms with Crippen molar-refractivity contribution in [1.29, 1.82) is 0 Å². The summed E-state index contributed by atoms with van der Waals surface area (Å²) in [5, 5.41) is 0. The Hall–Kier alpha value is -2.60. The first-order valence-electron chi connectivity index (χ1n) is 24.2. The quantitative estimate of drug-likeness (QED) is 0.145. The van der Waals surface area contributed by atoms with Gasteiger partial charge in [-0.25, -0.2) is 8.42 Å². The summed E-state index contributed by atoms with van der Waals surface area (Å²) in [5.74, 6) is 1.07. The van der Waals surface area contributed by atoms with E-state index >= 15 is 0 Å². The van der Waals surface area contributed by atoms with Crippen LogP contribution in [0.15, 0.2) is 71.1 Å². The predicted molar refractivity (Wildman–Crippen MR) is 246 cm³/mol. The zero-order valence-electron chi connectivity index (χ0n) is 40.0. The van der Waals surface area contributed by atoms with Crippen molar-refractivity contribution in [1.82, 2.24) is 4.31 Å². The molecule has 63 heavy (non-hydrogen) atoms. The number of esters is 1. The summed E-state index contributed by atoms with van der Waals surface area (Å²) in [4.78, 5) is 15.2. The molecule has 11 atom stereocenters. The molecule has 0 aromatic heterocycles. The number of allylic oxidation sites excluding steroid dienone is 1. The average Bonchev–Trinajstić information content (AvgIpc) is 3.26. The van der Waals surface area contributed by atoms with E-state index in [-0.39, 0.29) is 64.4 Å². The van der Waals surface area contributed by atoms with Crippen LogP contribution in [0.1, 0.15) is 118 Å². The Morgan fingerprint density at radius 2 is 1.59 bits per heavy atom. The van der Waals surface area contributed by atoms with Crippen molar-refractivity contribution >= 4 is 16.0 Å². The molecule has 0 N–H and O–H groups in total. The molecule has 4 aliphatic carbocycles. The van der Waals surface area contributed by atoms with Gasteiger partial charge in [0.1, 0.15) is 6.61 Å². The van der Waals surface area contributed by atoms with E-state index in [4.69, 9.17) is 23.7 Å². The molecule has 10 heteroatoms. The Kier molecular flexibility index (Phi) is 12.8. The van der Waals surface area contributed by atoms with Crippen molar-refractivity contribution in [3.63, 3.8) is 0 Å². The van der Waals surface area contributed by atoms with Crippen molar-refractivity contribution in [3.8, 4) is 0 Å². The zero-order chi connectivity index (χ0) is 45.2. The molecular weight excluding hydrogens is 811 g/mol. The third-order valence-electron chi connectivity index (χ3n) is 19.0. The number of benzene rings is 2. The van der Waals surface area contributed by atoms with Gasteiger partial charge < -0.3 is 23.7 Å². The summed E-state index contributed by atoms with van der Waals surface area (Å²) in [6, 6.07) is 17.3. The molecule has 2 aromatic rings. The average molecular weight is 888 g/mol. The Bertz CT molecular complexity index is 2100. The van der Waals surface area contributed by atoms with Gasteiger partial charge in [0.05, 0.1) is 48.4 Å². The number of rotatable bonds is 13. The van der Waals surface area contributed by atoms with Gasteiger partial charge >= 0.3 is 5.97 Å². The first-order chi connectivity index (χ1) is 29.9. The number of carbonyl (C=O) groups excluding carboxylic acids is 1. The number of likely N-dealkylation sites (N-methyl/N-ethyl adjacent to an activating group) is 1. The van der Waals surface area contributed by atoms with Crippen molar-refractivity contribution in [3.05, 3.63) is 77.4 Å². The normalized spacial score (nSPS) is 37.9. The van der Waals surface area contributed by atoms with Gasteiger partial charge in [0.25, 0.3) is 0 Å². The molecule has 0 radical (unpaired) electrons. The lowest BCUT2D eigenvalue weighted by Gasteiger charge is -2.71. The van der Waals surface area contributed by atoms with Gasteiger partial charge in [-0.2, -0.15) is 4.31 Å². The molecule has 0 amide bonds. The largest absolute Gasteiger partial charge is 0.461 e. The topological polar surface area (TPSA) is 101 Å². The van der Waals surface area contributed by atoms with Crippen LogP contribution in [0.5, 0.6) is 0 Å². The molecule has 5 fully saturated rings. The minimum Gasteiger partial charge on any atom is -0.461 e. The first kappa shape index (κ1) is 46.9. The molecule has 2 heterocycles. The number of aryl methyl sites for hydroxylation is 1. The van der Waals surface area contributed by atoms with Crippen LogP contribution >= 0.6 is 0 Å². The minimum absolute atomic E-state index is 0.0488. The van der Waals surface area contributed by atoms with E-state index in [1.54, 1.807) is 16.4 Å². The number of hydrogen-bond acceptors (Lipinski definition) is 8. The number of sulfonamides is 1. The molecule has 2 bridgehead atoms. The molecule has 0 unspecified atom stereocenters. The molecule has 9 nitrogen and oxygen atoms in total. The molecule has 3 saturated carbocycles. The highest BCUT2D eigenvalue weighted by Crippen LogP contribution is 2.75. The third kappa shape index (κ3) is 7.42. The van der Waals surface area contributed by atoms with E-state index in [0.29, 0.717) is 74.4 Å². The van der Waals surface area contributed by atoms with Gasteiger partial charge in [-0.15, -0.1) is 0 Å². The fourth-order valence-electron chi connectivity index (χ4n) is 14.9. The predicted octanol–water partition coefficient (Wildman–Crippen LogP) is 10.2. The molecule has 2 aromatic carbocycles. The van der Waals surface area contributed by atoms with Crippen LogP contribution in [0.3, 0.4) is 0 Å². The van der Waals surface area contributed by atoms with Gasteiger partial charge in [0, 0.05) is 37.7 Å². The van der Waals surface area contributed by atoms with Crippen LogP contribution in [0.2, 0.25) is 0 Å². The number of nitrogens with zero attached hydrogens (tertiary/aromatic N) is 1. The second-order valence-electron chi connectivity index (χ2n) is 22.1. The maximum atomic E-state index is 14.9. The molecule has 0 spiro atoms. The van der Waals surface area contributed by atoms with Crippen molar-refractivity contribution < 1.29 is 36.9 Å². The van der Waals surface area contributed by atoms with Crippen LogP contribution < -0.4 is 0 Å². The van der Waals surface area contributed by atoms with Crippen molar-refractivity contribution in [2.45, 2.75) is 143 Å². The van der Waals surface area contributed by atoms with Gasteiger partial charge in [-0.3, -0.25) is 4.79 Å². The van der Waals surface area contributed by atoms with Gasteiger partial charge in [-0.1, -0.05) is 115 Å². The molecule has 348 valence electrons. The smallest absolute Gasteiger partial charge is 0.310 e. The Morgan fingerprint density at radius 3 is 2.24 bits per heavy atom. The Balaban J connectivity index is 1.11. The number of ether oxygens (including phenoxy) is 5. The van der Waals surface area contributed by atoms with Crippen LogP contribution in [-0.2, 0) is 45.1 Å². The lowest BCUT2D eigenvalue weighted by atomic mass is 9.34. The zero-order valence-corrected chi connectivity index (χ0v) is 40.9. The van der Waals surface area contributed by atoms with Crippen LogP contribution in [-0.4, -0.2) is 83.1 Å². The monoisotopic (exact) mass is 888 g/mol. The molecule has 8 rings (SSSR count). The standard InChI is InChI=1S/C53H77NO8S/c1-11-54(63(56,57)40-19-17-37(4)18-20-40)52(27-29-59-30-28-52)34-62-46-43(58-10)31-53-35-60-33-49(46,7)44(53)22-21-41-42(53)23-24-51(9)45(47(55)61-32-39-15-13-12-14-16-39)48(6,38(5)36(2)3)25-26-50(41,51)8/h12-20,23,36,38,41,43-46H,11,21-22,24-35H2,1-10H3/t38-,41+,43-,44+,45-,46+,48-,49-,50-,51+,53+/m1/s1. The Labute approximate surface area is 379 Å². The second kappa shape index (κ2) is 17.2. The summed E-state index contributed by atoms with van der Waals surface area (Å²) in [5.41, 5.74) is 1.54. The molecule has 2 saturated heterocycles. The van der Waals surface area contributed by atoms with E-state index in [1.807, 2.05) is 63.4 Å². The number of hydrogen-bond donors (Lipinski definition) is 0. The molecule has 2 aliphatic heterocycles. The summed E-state index contributed by atoms with van der Waals surface area (Å²) >= 11 is 0. The van der Waals surface area contributed by atoms with E-state index in [0.717, 1.165) is 49.7 Å². The van der Waals surface area contributed by atoms with E-state index in [2.05, 4.69) is 54.5 Å². The number of fused-ring (bicyclic) bond motifs is 3. The molecule has 6 aliphatic rings. The Morgan fingerprint density at radius 1 is 0.889 bits per heavy atom. The lowest BCUT2D eigenvalue weighted by molar-refractivity contribution is -0.272. The lowest BCUT2D eigenvalue weighted by Crippen LogP contribution is -2.70. The highest BCUT2D eigenvalue weighted by Gasteiger charge is 2.72. The second-order valence-corrected chi connectivity index (χ2v) is 24.0. The molecular formula is C53H77NO8S. The summed E-state index contributed by atoms with van der Waals surface area (Å²) in [6.45, 7) is 23.6. The highest BCUT2D eigenvalue weighted by molar-refractivity contribution is 7.89. The van der Waals surface area contributed by atoms with E-state index in [1.165, 1.54) is 5.57 Å². The van der Waals surface area contributed by atoms with Crippen LogP contribution in [0.4, 0.5) is 0 Å². The maximum absolute atomic E-state index is 14.9. The fourth-order valence-corrected chi connectivity index (χ4v) is 16.7. The van der Waals surface area contributed by atoms with Crippen molar-refractivity contribution in [2.24, 2.45) is 56.7 Å². The summed E-state index contributed by atoms with van der Waals surface area (Å²) in [7, 11) is -2.00. The number of carbonyl (C=O) groups is 1. The summed E-state index contributed by atoms with van der Waals surface area (Å²) < 4.78 is 63.5. The van der Waals surface area contributed by atoms with E-state index in [9.17, 15) is 13.2 Å². The third-order valence-corrected chi connectivity index (χ3v) is 21.1. The van der Waals surface area contributed by atoms with Gasteiger partial charge in [0.2, 0.25) is 10.0 Å². The van der Waals surface area contributed by atoms with Gasteiger partial charge in [0.15, 0.2) is 0 Å². The van der Waals surface area contributed by atoms with Crippen LogP contribution in [0, 0.1) is 63.6 Å². The maximum Gasteiger partial charge on any atom is 0.310 e. The van der Waals surface area contributed by atoms with E-state index < -0.39 is 15.6 Å². The van der Waals surface area contributed by atoms with Crippen molar-refractivity contribution in [2.75, 3.05) is 46.7 Å².